The number of thiophene rings is 1. The van der Waals surface area contributed by atoms with Gasteiger partial charge in [0.2, 0.25) is 0 Å². The number of guanidine groups is 1. The molecule has 0 radical (unpaired) electrons. The molecule has 2 heterocycles. The summed E-state index contributed by atoms with van der Waals surface area (Å²) >= 11 is 4.19. The predicted octanol–water partition coefficient (Wildman–Crippen LogP) is 3.71. The highest BCUT2D eigenvalue weighted by Gasteiger charge is 2.00. The van der Waals surface area contributed by atoms with E-state index in [2.05, 4.69) is 62.3 Å². The molecule has 7 heteroatoms. The zero-order valence-electron chi connectivity index (χ0n) is 13.1. The highest BCUT2D eigenvalue weighted by atomic mass is 127. The van der Waals surface area contributed by atoms with Crippen LogP contribution in [0.1, 0.15) is 17.5 Å². The van der Waals surface area contributed by atoms with Crippen molar-refractivity contribution in [3.05, 3.63) is 50.0 Å². The minimum absolute atomic E-state index is 0. The van der Waals surface area contributed by atoms with Crippen LogP contribution in [0.5, 0.6) is 0 Å². The standard InChI is InChI=1S/C16H21IN4S.HI/c1-2-18-16(20-11-8-13-5-3-4-10-19-13)21-12-9-14-6-7-15(17)22-14;/h3-7,10H,2,8-9,11-12H2,1H3,(H2,18,20,21);1H. The van der Waals surface area contributed by atoms with E-state index in [-0.39, 0.29) is 24.0 Å². The molecule has 2 rings (SSSR count). The van der Waals surface area contributed by atoms with Gasteiger partial charge in [0, 0.05) is 49.2 Å². The van der Waals surface area contributed by atoms with Crippen molar-refractivity contribution >= 4 is 63.9 Å². The summed E-state index contributed by atoms with van der Waals surface area (Å²) in [4.78, 5) is 10.3. The second-order valence-electron chi connectivity index (χ2n) is 4.71. The number of halogens is 2. The molecule has 0 aromatic carbocycles. The van der Waals surface area contributed by atoms with Gasteiger partial charge in [-0.05, 0) is 53.8 Å². The first-order valence-corrected chi connectivity index (χ1v) is 9.33. The van der Waals surface area contributed by atoms with Gasteiger partial charge in [0.15, 0.2) is 5.96 Å². The van der Waals surface area contributed by atoms with Crippen LogP contribution in [0.4, 0.5) is 0 Å². The lowest BCUT2D eigenvalue weighted by Crippen LogP contribution is -2.38. The maximum Gasteiger partial charge on any atom is 0.191 e. The van der Waals surface area contributed by atoms with Crippen LogP contribution < -0.4 is 10.6 Å². The molecule has 0 atom stereocenters. The molecule has 0 spiro atoms. The molecule has 0 saturated heterocycles. The molecule has 4 nitrogen and oxygen atoms in total. The van der Waals surface area contributed by atoms with E-state index in [9.17, 15) is 0 Å². The zero-order valence-corrected chi connectivity index (χ0v) is 18.4. The van der Waals surface area contributed by atoms with E-state index < -0.39 is 0 Å². The van der Waals surface area contributed by atoms with Gasteiger partial charge in [-0.1, -0.05) is 6.07 Å². The fraction of sp³-hybridized carbons (Fsp3) is 0.375. The number of nitrogens with one attached hydrogen (secondary N) is 2. The molecule has 0 aliphatic carbocycles. The third-order valence-electron chi connectivity index (χ3n) is 3.00. The smallest absolute Gasteiger partial charge is 0.191 e. The Labute approximate surface area is 172 Å². The summed E-state index contributed by atoms with van der Waals surface area (Å²) in [5.41, 5.74) is 1.10. The lowest BCUT2D eigenvalue weighted by Gasteiger charge is -2.10. The van der Waals surface area contributed by atoms with Gasteiger partial charge in [-0.3, -0.25) is 9.98 Å². The average molecular weight is 556 g/mol. The number of pyridine rings is 1. The number of nitrogens with zero attached hydrogens (tertiary/aromatic N) is 2. The Morgan fingerprint density at radius 1 is 1.22 bits per heavy atom. The Morgan fingerprint density at radius 2 is 2.09 bits per heavy atom. The van der Waals surface area contributed by atoms with E-state index in [0.29, 0.717) is 0 Å². The fourth-order valence-electron chi connectivity index (χ4n) is 1.96. The second-order valence-corrected chi connectivity index (χ2v) is 7.78. The molecular weight excluding hydrogens is 534 g/mol. The van der Waals surface area contributed by atoms with Crippen molar-refractivity contribution in [3.8, 4) is 0 Å². The first-order valence-electron chi connectivity index (χ1n) is 7.44. The SMILES string of the molecule is CCNC(=NCCc1ccc(I)s1)NCCc1ccccn1.I. The highest BCUT2D eigenvalue weighted by Crippen LogP contribution is 2.18. The van der Waals surface area contributed by atoms with Gasteiger partial charge in [0.05, 0.1) is 2.88 Å². The van der Waals surface area contributed by atoms with Crippen LogP contribution in [0, 0.1) is 2.88 Å². The fourth-order valence-corrected chi connectivity index (χ4v) is 3.71. The van der Waals surface area contributed by atoms with E-state index in [0.717, 1.165) is 44.1 Å². The summed E-state index contributed by atoms with van der Waals surface area (Å²) in [6.07, 6.45) is 3.72. The summed E-state index contributed by atoms with van der Waals surface area (Å²) in [7, 11) is 0. The highest BCUT2D eigenvalue weighted by molar-refractivity contribution is 14.1. The van der Waals surface area contributed by atoms with Crippen LogP contribution in [0.15, 0.2) is 41.5 Å². The first-order chi connectivity index (χ1) is 10.8. The quantitative estimate of drug-likeness (QED) is 0.311. The Morgan fingerprint density at radius 3 is 2.74 bits per heavy atom. The molecule has 0 bridgehead atoms. The molecule has 126 valence electrons. The third kappa shape index (κ3) is 8.30. The van der Waals surface area contributed by atoms with Crippen molar-refractivity contribution in [2.45, 2.75) is 19.8 Å². The van der Waals surface area contributed by atoms with E-state index in [1.807, 2.05) is 35.7 Å². The molecule has 0 aliphatic rings. The average Bonchev–Trinajstić information content (AvgIpc) is 2.94. The molecule has 23 heavy (non-hydrogen) atoms. The molecule has 0 unspecified atom stereocenters. The van der Waals surface area contributed by atoms with Crippen LogP contribution in [-0.4, -0.2) is 30.6 Å². The topological polar surface area (TPSA) is 49.3 Å². The van der Waals surface area contributed by atoms with Gasteiger partial charge in [0.1, 0.15) is 0 Å². The molecule has 2 aromatic heterocycles. The van der Waals surface area contributed by atoms with Crippen LogP contribution in [0.2, 0.25) is 0 Å². The van der Waals surface area contributed by atoms with Crippen molar-refractivity contribution in [1.82, 2.24) is 15.6 Å². The van der Waals surface area contributed by atoms with Gasteiger partial charge in [-0.25, -0.2) is 0 Å². The molecule has 0 aliphatic heterocycles. The largest absolute Gasteiger partial charge is 0.357 e. The van der Waals surface area contributed by atoms with Crippen LogP contribution in [0.25, 0.3) is 0 Å². The van der Waals surface area contributed by atoms with Crippen molar-refractivity contribution in [2.24, 2.45) is 4.99 Å². The van der Waals surface area contributed by atoms with Gasteiger partial charge >= 0.3 is 0 Å². The lowest BCUT2D eigenvalue weighted by atomic mass is 10.3. The molecular formula is C16H22I2N4S. The molecule has 0 saturated carbocycles. The van der Waals surface area contributed by atoms with Gasteiger partial charge < -0.3 is 10.6 Å². The predicted molar refractivity (Wildman–Crippen MR) is 118 cm³/mol. The molecule has 0 amide bonds. The maximum atomic E-state index is 4.63. The summed E-state index contributed by atoms with van der Waals surface area (Å²) in [5.74, 6) is 0.879. The van der Waals surface area contributed by atoms with Gasteiger partial charge in [0.25, 0.3) is 0 Å². The van der Waals surface area contributed by atoms with E-state index in [1.165, 1.54) is 7.76 Å². The molecule has 2 N–H and O–H groups in total. The summed E-state index contributed by atoms with van der Waals surface area (Å²) in [6.45, 7) is 4.58. The first kappa shape index (κ1) is 20.6. The van der Waals surface area contributed by atoms with Gasteiger partial charge in [-0.15, -0.1) is 35.3 Å². The number of hydrogen-bond acceptors (Lipinski definition) is 3. The van der Waals surface area contributed by atoms with E-state index in [4.69, 9.17) is 0 Å². The summed E-state index contributed by atoms with van der Waals surface area (Å²) in [5, 5.41) is 6.64. The number of aliphatic imine (C=N–C) groups is 1. The van der Waals surface area contributed by atoms with Crippen LogP contribution >= 0.6 is 57.9 Å². The van der Waals surface area contributed by atoms with E-state index in [1.54, 1.807) is 0 Å². The van der Waals surface area contributed by atoms with Crippen LogP contribution in [-0.2, 0) is 12.8 Å². The second kappa shape index (κ2) is 12.0. The Kier molecular flexibility index (Phi) is 10.8. The number of rotatable bonds is 7. The Bertz CT molecular complexity index is 587. The van der Waals surface area contributed by atoms with Crippen molar-refractivity contribution < 1.29 is 0 Å². The lowest BCUT2D eigenvalue weighted by molar-refractivity contribution is 0.787. The minimum Gasteiger partial charge on any atom is -0.357 e. The Hall–Kier alpha value is -0.420. The van der Waals surface area contributed by atoms with Gasteiger partial charge in [-0.2, -0.15) is 0 Å². The van der Waals surface area contributed by atoms with Crippen molar-refractivity contribution in [3.63, 3.8) is 0 Å². The summed E-state index contributed by atoms with van der Waals surface area (Å²) < 4.78 is 1.33. The normalized spacial score (nSPS) is 11.0. The Balaban J connectivity index is 0.00000264. The minimum atomic E-state index is 0. The monoisotopic (exact) mass is 556 g/mol. The number of hydrogen-bond donors (Lipinski definition) is 2. The van der Waals surface area contributed by atoms with E-state index >= 15 is 0 Å². The summed E-state index contributed by atoms with van der Waals surface area (Å²) in [6, 6.07) is 10.3. The maximum absolute atomic E-state index is 4.63. The number of aromatic nitrogens is 1. The zero-order chi connectivity index (χ0) is 15.6. The third-order valence-corrected chi connectivity index (χ3v) is 4.95. The molecule has 2 aromatic rings. The molecule has 0 fully saturated rings. The van der Waals surface area contributed by atoms with Crippen LogP contribution in [0.3, 0.4) is 0 Å². The van der Waals surface area contributed by atoms with Crippen molar-refractivity contribution in [2.75, 3.05) is 19.6 Å². The van der Waals surface area contributed by atoms with Crippen molar-refractivity contribution in [1.29, 1.82) is 0 Å².